The first-order valence-electron chi connectivity index (χ1n) is 16.2. The summed E-state index contributed by atoms with van der Waals surface area (Å²) in [5.74, 6) is -2.65. The number of carboxylic acids is 1. The summed E-state index contributed by atoms with van der Waals surface area (Å²) in [4.78, 5) is 65.8. The van der Waals surface area contributed by atoms with Crippen LogP contribution in [0.2, 0.25) is 0 Å². The molecule has 3 aromatic carbocycles. The monoisotopic (exact) mass is 702 g/mol. The second-order valence-corrected chi connectivity index (χ2v) is 13.0. The van der Waals surface area contributed by atoms with Gasteiger partial charge in [0.25, 0.3) is 5.91 Å². The summed E-state index contributed by atoms with van der Waals surface area (Å²) in [7, 11) is 1.51. The Morgan fingerprint density at radius 2 is 1.34 bits per heavy atom. The zero-order valence-corrected chi connectivity index (χ0v) is 28.7. The summed E-state index contributed by atoms with van der Waals surface area (Å²) in [6.07, 6.45) is 3.09. The third-order valence-electron chi connectivity index (χ3n) is 7.88. The predicted octanol–water partition coefficient (Wildman–Crippen LogP) is 3.01. The van der Waals surface area contributed by atoms with E-state index in [0.29, 0.717) is 29.9 Å². The summed E-state index contributed by atoms with van der Waals surface area (Å²) in [6.45, 7) is 1.01. The lowest BCUT2D eigenvalue weighted by Crippen LogP contribution is -2.59. The second-order valence-electron chi connectivity index (χ2n) is 11.8. The third-order valence-corrected chi connectivity index (χ3v) is 9.00. The number of carbonyl (C=O) groups is 5. The van der Waals surface area contributed by atoms with E-state index < -0.39 is 53.8 Å². The number of benzene rings is 3. The zero-order chi connectivity index (χ0) is 35.9. The largest absolute Gasteiger partial charge is 0.497 e. The summed E-state index contributed by atoms with van der Waals surface area (Å²) < 4.78 is 10.9. The van der Waals surface area contributed by atoms with Gasteiger partial charge in [0, 0.05) is 18.1 Å². The summed E-state index contributed by atoms with van der Waals surface area (Å²) in [5.41, 5.74) is 1.40. The van der Waals surface area contributed by atoms with Gasteiger partial charge in [0.1, 0.15) is 35.7 Å². The Labute approximate surface area is 295 Å². The molecule has 5 atom stereocenters. The molecular weight excluding hydrogens is 660 g/mol. The minimum atomic E-state index is -1.23. The van der Waals surface area contributed by atoms with E-state index in [1.165, 1.54) is 14.0 Å². The Bertz CT molecular complexity index is 1630. The molecule has 50 heavy (non-hydrogen) atoms. The van der Waals surface area contributed by atoms with Gasteiger partial charge in [0.15, 0.2) is 6.61 Å². The fourth-order valence-corrected chi connectivity index (χ4v) is 6.17. The molecule has 5 N–H and O–H groups in total. The Hall–Kier alpha value is -5.30. The van der Waals surface area contributed by atoms with E-state index in [2.05, 4.69) is 21.3 Å². The summed E-state index contributed by atoms with van der Waals surface area (Å²) >= 11 is 1.55. The Balaban J connectivity index is 1.56. The van der Waals surface area contributed by atoms with E-state index in [0.717, 1.165) is 5.56 Å². The number of hydrogen-bond acceptors (Lipinski definition) is 8. The molecule has 4 rings (SSSR count). The molecule has 0 radical (unpaired) electrons. The number of allylic oxidation sites excluding steroid dienone is 1. The average molecular weight is 703 g/mol. The predicted molar refractivity (Wildman–Crippen MR) is 190 cm³/mol. The van der Waals surface area contributed by atoms with Crippen LogP contribution in [0.5, 0.6) is 11.5 Å². The lowest BCUT2D eigenvalue weighted by Gasteiger charge is -2.27. The maximum Gasteiger partial charge on any atom is 0.325 e. The van der Waals surface area contributed by atoms with Crippen molar-refractivity contribution in [2.45, 2.75) is 62.0 Å². The van der Waals surface area contributed by atoms with Crippen molar-refractivity contribution in [1.82, 2.24) is 21.3 Å². The number of rotatable bonds is 18. The van der Waals surface area contributed by atoms with Crippen molar-refractivity contribution >= 4 is 41.4 Å². The number of aliphatic carboxylic acids is 1. The number of para-hydroxylation sites is 1. The van der Waals surface area contributed by atoms with Gasteiger partial charge in [0.2, 0.25) is 17.7 Å². The molecule has 13 heteroatoms. The van der Waals surface area contributed by atoms with Crippen LogP contribution in [0.1, 0.15) is 30.9 Å². The maximum atomic E-state index is 14.0. The highest BCUT2D eigenvalue weighted by atomic mass is 32.2. The first-order chi connectivity index (χ1) is 24.1. The Kier molecular flexibility index (Phi) is 14.3. The van der Waals surface area contributed by atoms with Crippen LogP contribution in [0.25, 0.3) is 0 Å². The highest BCUT2D eigenvalue weighted by Crippen LogP contribution is 2.28. The van der Waals surface area contributed by atoms with E-state index in [1.54, 1.807) is 84.6 Å². The van der Waals surface area contributed by atoms with Crippen molar-refractivity contribution in [3.8, 4) is 11.5 Å². The number of thioether (sulfide) groups is 1. The first kappa shape index (κ1) is 37.5. The van der Waals surface area contributed by atoms with Crippen molar-refractivity contribution in [2.75, 3.05) is 13.7 Å². The fraction of sp³-hybridized carbons (Fsp3) is 0.324. The highest BCUT2D eigenvalue weighted by molar-refractivity contribution is 8.03. The van der Waals surface area contributed by atoms with Gasteiger partial charge in [-0.1, -0.05) is 66.7 Å². The highest BCUT2D eigenvalue weighted by Gasteiger charge is 2.32. The van der Waals surface area contributed by atoms with Gasteiger partial charge >= 0.3 is 5.97 Å². The lowest BCUT2D eigenvalue weighted by molar-refractivity contribution is -0.141. The van der Waals surface area contributed by atoms with Crippen LogP contribution >= 0.6 is 11.8 Å². The molecule has 1 aliphatic heterocycles. The normalized spacial score (nSPS) is 15.8. The molecule has 1 aliphatic rings. The van der Waals surface area contributed by atoms with Crippen LogP contribution in [0, 0.1) is 0 Å². The van der Waals surface area contributed by atoms with Gasteiger partial charge in [-0.2, -0.15) is 0 Å². The molecule has 12 nitrogen and oxygen atoms in total. The molecule has 0 fully saturated rings. The molecule has 0 spiro atoms. The quantitative estimate of drug-likeness (QED) is 0.134. The average Bonchev–Trinajstić information content (AvgIpc) is 3.64. The van der Waals surface area contributed by atoms with Gasteiger partial charge in [-0.25, -0.2) is 0 Å². The van der Waals surface area contributed by atoms with Crippen LogP contribution in [-0.2, 0) is 36.8 Å². The Morgan fingerprint density at radius 3 is 1.96 bits per heavy atom. The van der Waals surface area contributed by atoms with Crippen molar-refractivity contribution in [1.29, 1.82) is 0 Å². The summed E-state index contributed by atoms with van der Waals surface area (Å²) in [6, 6.07) is 20.2. The second kappa shape index (κ2) is 19.0. The maximum absolute atomic E-state index is 14.0. The molecule has 0 bridgehead atoms. The summed E-state index contributed by atoms with van der Waals surface area (Å²) in [5, 5.41) is 22.1. The van der Waals surface area contributed by atoms with Crippen molar-refractivity contribution < 1.29 is 38.6 Å². The SMILES string of the molecule is COc1cccc(C[C@H](NC(=O)[C@H](CC2CC=CS2)NC(=O)COc2ccccc2)C(=O)N[C@@H](Cc2ccccc2)C(=O)N[C@@H](C)C(=O)O)c1. The minimum Gasteiger partial charge on any atom is -0.497 e. The van der Waals surface area contributed by atoms with Gasteiger partial charge in [-0.05, 0) is 60.6 Å². The van der Waals surface area contributed by atoms with E-state index >= 15 is 0 Å². The Morgan fingerprint density at radius 1 is 0.760 bits per heavy atom. The molecule has 3 aromatic rings. The number of methoxy groups -OCH3 is 1. The smallest absolute Gasteiger partial charge is 0.325 e. The molecule has 1 unspecified atom stereocenters. The number of carboxylic acid groups (broad SMARTS) is 1. The van der Waals surface area contributed by atoms with E-state index in [1.807, 2.05) is 23.6 Å². The molecule has 264 valence electrons. The molecule has 0 saturated heterocycles. The molecule has 4 amide bonds. The van der Waals surface area contributed by atoms with Crippen LogP contribution in [-0.4, -0.2) is 77.8 Å². The molecule has 1 heterocycles. The van der Waals surface area contributed by atoms with E-state index in [9.17, 15) is 29.1 Å². The van der Waals surface area contributed by atoms with Gasteiger partial charge in [-0.15, -0.1) is 11.8 Å². The van der Waals surface area contributed by atoms with Crippen LogP contribution in [0.4, 0.5) is 0 Å². The third kappa shape index (κ3) is 12.0. The van der Waals surface area contributed by atoms with Gasteiger partial charge in [-0.3, -0.25) is 24.0 Å². The number of hydrogen-bond donors (Lipinski definition) is 5. The van der Waals surface area contributed by atoms with Crippen LogP contribution in [0.15, 0.2) is 96.4 Å². The van der Waals surface area contributed by atoms with E-state index in [-0.39, 0.29) is 24.7 Å². The van der Waals surface area contributed by atoms with E-state index in [4.69, 9.17) is 9.47 Å². The first-order valence-corrected chi connectivity index (χ1v) is 17.1. The standard InChI is InChI=1S/C37H42N4O8S/c1-24(37(46)47)38-34(43)30(20-25-11-5-3-6-12-25)40-35(44)31(21-26-13-9-16-28(19-26)48-2)41-36(45)32(22-29-17-10-18-50-29)39-33(42)23-49-27-14-7-4-8-15-27/h3-16,18-19,24,29-32H,17,20-23H2,1-2H3,(H,38,43)(H,39,42)(H,40,44)(H,41,45)(H,46,47)/t24-,29?,30-,31-,32-/m0/s1. The van der Waals surface area contributed by atoms with Crippen molar-refractivity contribution in [2.24, 2.45) is 0 Å². The molecular formula is C37H42N4O8S. The van der Waals surface area contributed by atoms with Crippen LogP contribution < -0.4 is 30.7 Å². The topological polar surface area (TPSA) is 172 Å². The minimum absolute atomic E-state index is 0.0253. The molecule has 0 saturated carbocycles. The number of amides is 4. The van der Waals surface area contributed by atoms with Gasteiger partial charge < -0.3 is 35.8 Å². The van der Waals surface area contributed by atoms with Gasteiger partial charge in [0.05, 0.1) is 7.11 Å². The van der Waals surface area contributed by atoms with Crippen molar-refractivity contribution in [3.63, 3.8) is 0 Å². The molecule has 0 aromatic heterocycles. The fourth-order valence-electron chi connectivity index (χ4n) is 5.20. The van der Waals surface area contributed by atoms with Crippen molar-refractivity contribution in [3.05, 3.63) is 108 Å². The lowest BCUT2D eigenvalue weighted by atomic mass is 10.0. The zero-order valence-electron chi connectivity index (χ0n) is 27.9. The van der Waals surface area contributed by atoms with Crippen LogP contribution in [0.3, 0.4) is 0 Å². The number of nitrogens with one attached hydrogen (secondary N) is 4. The number of ether oxygens (including phenoxy) is 2. The molecule has 0 aliphatic carbocycles. The number of carbonyl (C=O) groups excluding carboxylic acids is 4.